The van der Waals surface area contributed by atoms with Gasteiger partial charge in [-0.05, 0) is 22.3 Å². The zero-order valence-electron chi connectivity index (χ0n) is 17.6. The summed E-state index contributed by atoms with van der Waals surface area (Å²) in [5.41, 5.74) is 0. The molecule has 154 valence electrons. The summed E-state index contributed by atoms with van der Waals surface area (Å²) in [6, 6.07) is 20.9. The van der Waals surface area contributed by atoms with Crippen LogP contribution in [0.5, 0.6) is 0 Å². The quantitative estimate of drug-likeness (QED) is 0.633. The monoisotopic (exact) mass is 402 g/mol. The summed E-state index contributed by atoms with van der Waals surface area (Å²) in [4.78, 5) is 0. The van der Waals surface area contributed by atoms with Crippen molar-refractivity contribution >= 4 is 18.7 Å². The van der Waals surface area contributed by atoms with E-state index in [-0.39, 0.29) is 17.7 Å². The number of rotatable bonds is 9. The van der Waals surface area contributed by atoms with Gasteiger partial charge in [-0.3, -0.25) is 0 Å². The lowest BCUT2D eigenvalue weighted by Gasteiger charge is -2.45. The fourth-order valence-corrected chi connectivity index (χ4v) is 8.61. The molecule has 0 saturated carbocycles. The highest BCUT2D eigenvalue weighted by Gasteiger charge is 2.51. The van der Waals surface area contributed by atoms with Gasteiger partial charge in [0.15, 0.2) is 0 Å². The van der Waals surface area contributed by atoms with Gasteiger partial charge in [-0.1, -0.05) is 81.4 Å². The van der Waals surface area contributed by atoms with Crippen LogP contribution >= 0.6 is 0 Å². The minimum atomic E-state index is -2.64. The minimum Gasteiger partial charge on any atom is -0.405 e. The predicted molar refractivity (Wildman–Crippen MR) is 117 cm³/mol. The highest BCUT2D eigenvalue weighted by molar-refractivity contribution is 6.99. The maximum atomic E-state index is 10.0. The summed E-state index contributed by atoms with van der Waals surface area (Å²) in [5, 5.41) is 21.7. The van der Waals surface area contributed by atoms with Crippen LogP contribution in [0.4, 0.5) is 0 Å². The zero-order chi connectivity index (χ0) is 20.8. The van der Waals surface area contributed by atoms with Gasteiger partial charge in [-0.2, -0.15) is 0 Å². The van der Waals surface area contributed by atoms with E-state index < -0.39 is 20.5 Å². The van der Waals surface area contributed by atoms with Crippen LogP contribution in [0.3, 0.4) is 0 Å². The Kier molecular flexibility index (Phi) is 7.98. The van der Waals surface area contributed by atoms with Crippen LogP contribution in [-0.4, -0.2) is 50.6 Å². The summed E-state index contributed by atoms with van der Waals surface area (Å²) in [6.07, 6.45) is -1.05. The topological polar surface area (TPSA) is 58.9 Å². The van der Waals surface area contributed by atoms with Crippen molar-refractivity contribution in [1.82, 2.24) is 0 Å². The second-order valence-corrected chi connectivity index (χ2v) is 12.6. The Morgan fingerprint density at radius 1 is 0.929 bits per heavy atom. The first-order valence-corrected chi connectivity index (χ1v) is 11.8. The van der Waals surface area contributed by atoms with Crippen LogP contribution in [0.2, 0.25) is 5.04 Å². The number of hydrogen-bond acceptors (Lipinski definition) is 4. The van der Waals surface area contributed by atoms with Gasteiger partial charge < -0.3 is 19.4 Å². The SMILES string of the molecule is CO[C@H](C[C@@H](C)O[Si](c1ccccc1)(c1ccccc1)C(C)(C)C)[C@@H](O)CO. The fraction of sp³-hybridized carbons (Fsp3) is 0.478. The first kappa shape index (κ1) is 22.8. The third kappa shape index (κ3) is 4.91. The standard InChI is InChI=1S/C23H34O4Si/c1-18(16-22(26-5)21(25)17-24)27-28(23(2,3)4,19-12-8-6-9-13-19)20-14-10-7-11-15-20/h6-15,18,21-22,24-25H,16-17H2,1-5H3/t18-,21+,22-/m1/s1. The molecule has 0 saturated heterocycles. The van der Waals surface area contributed by atoms with Gasteiger partial charge in [0.05, 0.1) is 12.7 Å². The lowest BCUT2D eigenvalue weighted by molar-refractivity contribution is -0.0540. The lowest BCUT2D eigenvalue weighted by Crippen LogP contribution is -2.67. The molecule has 0 aliphatic carbocycles. The molecule has 28 heavy (non-hydrogen) atoms. The van der Waals surface area contributed by atoms with E-state index in [9.17, 15) is 10.2 Å². The van der Waals surface area contributed by atoms with Crippen molar-refractivity contribution in [1.29, 1.82) is 0 Å². The number of methoxy groups -OCH3 is 1. The summed E-state index contributed by atoms with van der Waals surface area (Å²) in [6.45, 7) is 8.41. The van der Waals surface area contributed by atoms with Crippen molar-refractivity contribution in [2.24, 2.45) is 0 Å². The molecule has 2 aromatic rings. The van der Waals surface area contributed by atoms with Crippen LogP contribution in [0.1, 0.15) is 34.1 Å². The van der Waals surface area contributed by atoms with Gasteiger partial charge in [0, 0.05) is 19.6 Å². The maximum Gasteiger partial charge on any atom is 0.261 e. The van der Waals surface area contributed by atoms with Gasteiger partial charge in [0.1, 0.15) is 6.10 Å². The smallest absolute Gasteiger partial charge is 0.261 e. The molecular formula is C23H34O4Si. The van der Waals surface area contributed by atoms with Crippen molar-refractivity contribution in [3.8, 4) is 0 Å². The summed E-state index contributed by atoms with van der Waals surface area (Å²) in [5.74, 6) is 0. The van der Waals surface area contributed by atoms with Crippen molar-refractivity contribution in [2.45, 2.75) is 57.5 Å². The molecule has 3 atom stereocenters. The van der Waals surface area contributed by atoms with Crippen LogP contribution in [0.25, 0.3) is 0 Å². The second kappa shape index (κ2) is 9.81. The van der Waals surface area contributed by atoms with Crippen LogP contribution in [0, 0.1) is 0 Å². The fourth-order valence-electron chi connectivity index (χ4n) is 3.90. The van der Waals surface area contributed by atoms with Crippen LogP contribution in [-0.2, 0) is 9.16 Å². The van der Waals surface area contributed by atoms with Crippen molar-refractivity contribution in [2.75, 3.05) is 13.7 Å². The Morgan fingerprint density at radius 3 is 1.75 bits per heavy atom. The molecule has 0 spiro atoms. The van der Waals surface area contributed by atoms with Crippen molar-refractivity contribution in [3.05, 3.63) is 60.7 Å². The first-order valence-electron chi connectivity index (χ1n) is 9.86. The number of aliphatic hydroxyl groups is 2. The Morgan fingerprint density at radius 2 is 1.39 bits per heavy atom. The molecule has 0 unspecified atom stereocenters. The average Bonchev–Trinajstić information content (AvgIpc) is 2.70. The molecular weight excluding hydrogens is 368 g/mol. The molecule has 0 radical (unpaired) electrons. The molecule has 0 fully saturated rings. The van der Waals surface area contributed by atoms with Gasteiger partial charge in [0.2, 0.25) is 0 Å². The van der Waals surface area contributed by atoms with Gasteiger partial charge in [-0.15, -0.1) is 0 Å². The molecule has 5 heteroatoms. The minimum absolute atomic E-state index is 0.109. The van der Waals surface area contributed by atoms with Gasteiger partial charge >= 0.3 is 0 Å². The predicted octanol–water partition coefficient (Wildman–Crippen LogP) is 2.71. The van der Waals surface area contributed by atoms with E-state index in [0.29, 0.717) is 6.42 Å². The molecule has 0 aromatic heterocycles. The summed E-state index contributed by atoms with van der Waals surface area (Å²) >= 11 is 0. The number of aliphatic hydroxyl groups excluding tert-OH is 2. The van der Waals surface area contributed by atoms with E-state index >= 15 is 0 Å². The Balaban J connectivity index is 2.49. The van der Waals surface area contributed by atoms with E-state index in [4.69, 9.17) is 9.16 Å². The van der Waals surface area contributed by atoms with E-state index in [0.717, 1.165) is 0 Å². The molecule has 4 nitrogen and oxygen atoms in total. The van der Waals surface area contributed by atoms with E-state index in [1.807, 2.05) is 19.1 Å². The first-order chi connectivity index (χ1) is 13.3. The Hall–Kier alpha value is -1.50. The summed E-state index contributed by atoms with van der Waals surface area (Å²) in [7, 11) is -1.08. The third-order valence-electron chi connectivity index (χ3n) is 5.28. The second-order valence-electron chi connectivity index (χ2n) is 8.35. The average molecular weight is 403 g/mol. The van der Waals surface area contributed by atoms with Crippen molar-refractivity contribution < 1.29 is 19.4 Å². The Bertz CT molecular complexity index is 660. The van der Waals surface area contributed by atoms with E-state index in [2.05, 4.69) is 69.3 Å². The number of hydrogen-bond donors (Lipinski definition) is 2. The largest absolute Gasteiger partial charge is 0.405 e. The van der Waals surface area contributed by atoms with Gasteiger partial charge in [-0.25, -0.2) is 0 Å². The van der Waals surface area contributed by atoms with E-state index in [1.54, 1.807) is 7.11 Å². The highest BCUT2D eigenvalue weighted by atomic mass is 28.4. The zero-order valence-corrected chi connectivity index (χ0v) is 18.6. The third-order valence-corrected chi connectivity index (χ3v) is 10.4. The molecule has 2 N–H and O–H groups in total. The van der Waals surface area contributed by atoms with Crippen LogP contribution in [0.15, 0.2) is 60.7 Å². The Labute approximate surface area is 170 Å². The van der Waals surface area contributed by atoms with Crippen LogP contribution < -0.4 is 10.4 Å². The molecule has 0 aliphatic heterocycles. The molecule has 0 aliphatic rings. The maximum absolute atomic E-state index is 10.0. The van der Waals surface area contributed by atoms with Gasteiger partial charge in [0.25, 0.3) is 8.32 Å². The molecule has 2 rings (SSSR count). The number of ether oxygens (including phenoxy) is 1. The molecule has 0 heterocycles. The normalized spacial score (nSPS) is 15.8. The van der Waals surface area contributed by atoms with E-state index in [1.165, 1.54) is 10.4 Å². The molecule has 0 amide bonds. The highest BCUT2D eigenvalue weighted by Crippen LogP contribution is 2.38. The lowest BCUT2D eigenvalue weighted by atomic mass is 10.1. The van der Waals surface area contributed by atoms with Crippen molar-refractivity contribution in [3.63, 3.8) is 0 Å². The number of benzene rings is 2. The molecule has 2 aromatic carbocycles. The molecule has 0 bridgehead atoms. The summed E-state index contributed by atoms with van der Waals surface area (Å²) < 4.78 is 12.4.